The van der Waals surface area contributed by atoms with E-state index < -0.39 is 22.0 Å². The van der Waals surface area contributed by atoms with Crippen LogP contribution in [0.15, 0.2) is 0 Å². The summed E-state index contributed by atoms with van der Waals surface area (Å²) in [4.78, 5) is 0. The number of rotatable bonds is 0. The van der Waals surface area contributed by atoms with E-state index in [1.54, 1.807) is 0 Å². The molecule has 1 saturated heterocycles. The van der Waals surface area contributed by atoms with Gasteiger partial charge in [-0.05, 0) is 0 Å². The van der Waals surface area contributed by atoms with Crippen molar-refractivity contribution in [2.75, 3.05) is 13.2 Å². The van der Waals surface area contributed by atoms with Crippen LogP contribution in [0.2, 0.25) is 0 Å². The molecule has 0 bridgehead atoms. The summed E-state index contributed by atoms with van der Waals surface area (Å²) in [5, 5.41) is 0. The molecule has 3 heteroatoms. The second-order valence-electron chi connectivity index (χ2n) is 2.00. The Balaban J connectivity index is 2.00. The normalized spacial score (nSPS) is 24.0. The molecule has 1 rings (SSSR count). The summed E-state index contributed by atoms with van der Waals surface area (Å²) < 4.78 is 10.5. The third kappa shape index (κ3) is 2.89. The van der Waals surface area contributed by atoms with Gasteiger partial charge in [0.05, 0.1) is 0 Å². The fraction of sp³-hybridized carbons (Fsp3) is 1.00. The van der Waals surface area contributed by atoms with Crippen molar-refractivity contribution in [1.29, 1.82) is 0 Å². The van der Waals surface area contributed by atoms with E-state index in [1.165, 1.54) is 19.3 Å². The molecule has 48 valence electrons. The molecule has 0 saturated carbocycles. The van der Waals surface area contributed by atoms with E-state index in [4.69, 9.17) is 6.15 Å². The summed E-state index contributed by atoms with van der Waals surface area (Å²) in [5.74, 6) is 0. The van der Waals surface area contributed by atoms with Crippen LogP contribution < -0.4 is 0 Å². The average Bonchev–Trinajstić information content (AvgIpc) is 1.62. The first kappa shape index (κ1) is 6.83. The molecule has 0 aromatic carbocycles. The van der Waals surface area contributed by atoms with E-state index in [-0.39, 0.29) is 0 Å². The van der Waals surface area contributed by atoms with Crippen LogP contribution in [-0.2, 0) is 6.15 Å². The average molecular weight is 223 g/mol. The van der Waals surface area contributed by atoms with Crippen molar-refractivity contribution in [2.45, 2.75) is 19.3 Å². The van der Waals surface area contributed by atoms with Crippen LogP contribution in [0, 0.1) is 0 Å². The quantitative estimate of drug-likeness (QED) is 0.546. The Kier molecular flexibility index (Phi) is 3.92. The van der Waals surface area contributed by atoms with Gasteiger partial charge in [-0.25, -0.2) is 0 Å². The van der Waals surface area contributed by atoms with Crippen molar-refractivity contribution >= 4 is 22.0 Å². The fourth-order valence-electron chi connectivity index (χ4n) is 0.762. The van der Waals surface area contributed by atoms with E-state index in [1.807, 2.05) is 0 Å². The molecule has 0 unspecified atom stereocenters. The maximum atomic E-state index is 5.26. The predicted octanol–water partition coefficient (Wildman–Crippen LogP) is 0.202. The summed E-state index contributed by atoms with van der Waals surface area (Å²) in [6.45, 7) is 1.94. The Hall–Kier alpha value is 0.719. The minimum absolute atomic E-state index is 0.968. The molecule has 1 aliphatic heterocycles. The Morgan fingerprint density at radius 2 is 1.50 bits per heavy atom. The molecule has 8 heavy (non-hydrogen) atoms. The summed E-state index contributed by atoms with van der Waals surface area (Å²) in [6.07, 6.45) is 3.78. The van der Waals surface area contributed by atoms with Gasteiger partial charge in [0.15, 0.2) is 0 Å². The van der Waals surface area contributed by atoms with Gasteiger partial charge in [-0.1, -0.05) is 0 Å². The summed E-state index contributed by atoms with van der Waals surface area (Å²) in [5.41, 5.74) is 0. The van der Waals surface area contributed by atoms with Gasteiger partial charge < -0.3 is 0 Å². The molecular formula is C5H12O2Sn. The first-order valence-corrected chi connectivity index (χ1v) is 6.45. The van der Waals surface area contributed by atoms with Crippen molar-refractivity contribution in [3.05, 3.63) is 0 Å². The first-order chi connectivity index (χ1) is 4.00. The van der Waals surface area contributed by atoms with Gasteiger partial charge in [-0.2, -0.15) is 0 Å². The van der Waals surface area contributed by atoms with Crippen LogP contribution in [0.4, 0.5) is 0 Å². The monoisotopic (exact) mass is 224 g/mol. The van der Waals surface area contributed by atoms with Crippen molar-refractivity contribution in [3.8, 4) is 0 Å². The van der Waals surface area contributed by atoms with Crippen LogP contribution in [0.3, 0.4) is 0 Å². The third-order valence-electron chi connectivity index (χ3n) is 1.24. The predicted molar refractivity (Wildman–Crippen MR) is 34.3 cm³/mol. The maximum absolute atomic E-state index is 5.26. The molecule has 1 aliphatic rings. The SMILES string of the molecule is C1CC[O][SnH2][O]CC1. The summed E-state index contributed by atoms with van der Waals surface area (Å²) in [7, 11) is 0. The van der Waals surface area contributed by atoms with Gasteiger partial charge in [-0.3, -0.25) is 0 Å². The zero-order valence-corrected chi connectivity index (χ0v) is 9.10. The number of hydrogen-bond acceptors (Lipinski definition) is 2. The molecule has 2 nitrogen and oxygen atoms in total. The Morgan fingerprint density at radius 3 is 2.12 bits per heavy atom. The van der Waals surface area contributed by atoms with Gasteiger partial charge in [0.1, 0.15) is 0 Å². The zero-order chi connectivity index (χ0) is 5.66. The second kappa shape index (κ2) is 4.58. The van der Waals surface area contributed by atoms with Crippen molar-refractivity contribution in [2.24, 2.45) is 0 Å². The second-order valence-corrected chi connectivity index (χ2v) is 5.00. The molecule has 1 fully saturated rings. The molecule has 0 aliphatic carbocycles. The van der Waals surface area contributed by atoms with E-state index in [2.05, 4.69) is 0 Å². The summed E-state index contributed by atoms with van der Waals surface area (Å²) >= 11 is -1.09. The van der Waals surface area contributed by atoms with Gasteiger partial charge >= 0.3 is 60.6 Å². The molecule has 0 radical (unpaired) electrons. The van der Waals surface area contributed by atoms with Crippen LogP contribution in [0.25, 0.3) is 0 Å². The topological polar surface area (TPSA) is 18.5 Å². The van der Waals surface area contributed by atoms with Gasteiger partial charge in [0, 0.05) is 0 Å². The third-order valence-corrected chi connectivity index (χ3v) is 3.84. The van der Waals surface area contributed by atoms with Crippen molar-refractivity contribution < 1.29 is 6.15 Å². The molecule has 0 spiro atoms. The van der Waals surface area contributed by atoms with E-state index in [9.17, 15) is 0 Å². The van der Waals surface area contributed by atoms with Crippen LogP contribution in [-0.4, -0.2) is 35.2 Å². The molecule has 0 amide bonds. The van der Waals surface area contributed by atoms with Crippen LogP contribution in [0.1, 0.15) is 19.3 Å². The molecule has 1 heterocycles. The van der Waals surface area contributed by atoms with Crippen molar-refractivity contribution in [1.82, 2.24) is 0 Å². The van der Waals surface area contributed by atoms with Crippen molar-refractivity contribution in [3.63, 3.8) is 0 Å². The van der Waals surface area contributed by atoms with Gasteiger partial charge in [-0.15, -0.1) is 0 Å². The zero-order valence-electron chi connectivity index (χ0n) is 5.06. The van der Waals surface area contributed by atoms with Gasteiger partial charge in [0.2, 0.25) is 0 Å². The van der Waals surface area contributed by atoms with Crippen LogP contribution in [0.5, 0.6) is 0 Å². The molecule has 0 aromatic heterocycles. The Bertz CT molecular complexity index is 34.4. The van der Waals surface area contributed by atoms with Crippen LogP contribution >= 0.6 is 0 Å². The fourth-order valence-corrected chi connectivity index (χ4v) is 2.94. The van der Waals surface area contributed by atoms with E-state index in [0.717, 1.165) is 13.2 Å². The Morgan fingerprint density at radius 1 is 0.875 bits per heavy atom. The summed E-state index contributed by atoms with van der Waals surface area (Å²) in [6, 6.07) is 0. The van der Waals surface area contributed by atoms with Gasteiger partial charge in [0.25, 0.3) is 0 Å². The standard InChI is InChI=1S/C5H10O2.Sn.2H/c6-4-2-1-3-5-7;;;/h1-5H2;;;/q-2;+2;;. The molecule has 0 aromatic rings. The number of hydrogen-bond donors (Lipinski definition) is 0. The van der Waals surface area contributed by atoms with E-state index in [0.29, 0.717) is 0 Å². The minimum atomic E-state index is -1.09. The molecular weight excluding hydrogens is 211 g/mol. The molecule has 0 N–H and O–H groups in total. The first-order valence-electron chi connectivity index (χ1n) is 3.15. The molecule has 0 atom stereocenters. The van der Waals surface area contributed by atoms with E-state index >= 15 is 0 Å². The Labute approximate surface area is 60.9 Å².